The quantitative estimate of drug-likeness (QED) is 0.668. The van der Waals surface area contributed by atoms with Gasteiger partial charge in [-0.25, -0.2) is 4.99 Å². The lowest BCUT2D eigenvalue weighted by Gasteiger charge is -2.38. The zero-order chi connectivity index (χ0) is 12.1. The maximum atomic E-state index is 4.75. The van der Waals surface area contributed by atoms with Crippen LogP contribution in [-0.4, -0.2) is 46.3 Å². The largest absolute Gasteiger partial charge is 0.264 e. The number of amidine groups is 2. The van der Waals surface area contributed by atoms with Crippen LogP contribution in [0.5, 0.6) is 0 Å². The van der Waals surface area contributed by atoms with E-state index in [2.05, 4.69) is 21.3 Å². The number of aliphatic imine (C=N–C) groups is 3. The average Bonchev–Trinajstić information content (AvgIpc) is 2.79. The zero-order valence-corrected chi connectivity index (χ0v) is 11.2. The summed E-state index contributed by atoms with van der Waals surface area (Å²) in [6.07, 6.45) is 6.76. The van der Waals surface area contributed by atoms with Crippen LogP contribution >= 0.6 is 11.8 Å². The number of hydrogen-bond acceptors (Lipinski definition) is 6. The highest BCUT2D eigenvalue weighted by Gasteiger charge is 2.40. The van der Waals surface area contributed by atoms with E-state index in [-0.39, 0.29) is 0 Å². The zero-order valence-electron chi connectivity index (χ0n) is 10.4. The van der Waals surface area contributed by atoms with Gasteiger partial charge in [0.25, 0.3) is 5.96 Å². The minimum Gasteiger partial charge on any atom is -0.264 e. The van der Waals surface area contributed by atoms with E-state index < -0.39 is 0 Å². The average molecular weight is 261 g/mol. The maximum Gasteiger partial charge on any atom is 0.253 e. The fraction of sp³-hybridized carbons (Fsp3) is 0.583. The van der Waals surface area contributed by atoms with Gasteiger partial charge in [-0.3, -0.25) is 10.0 Å². The molecule has 4 aliphatic rings. The van der Waals surface area contributed by atoms with Gasteiger partial charge in [0, 0.05) is 5.57 Å². The molecule has 0 aromatic heterocycles. The third-order valence-electron chi connectivity index (χ3n) is 3.75. The first-order valence-corrected chi connectivity index (χ1v) is 7.67. The van der Waals surface area contributed by atoms with E-state index in [4.69, 9.17) is 9.98 Å². The Kier molecular flexibility index (Phi) is 2.27. The van der Waals surface area contributed by atoms with Crippen molar-refractivity contribution in [2.45, 2.75) is 25.7 Å². The molecule has 0 aromatic rings. The molecule has 6 heteroatoms. The van der Waals surface area contributed by atoms with Crippen LogP contribution < -0.4 is 0 Å². The van der Waals surface area contributed by atoms with E-state index in [1.807, 2.05) is 0 Å². The van der Waals surface area contributed by atoms with Crippen molar-refractivity contribution >= 4 is 28.7 Å². The lowest BCUT2D eigenvalue weighted by molar-refractivity contribution is 0.225. The van der Waals surface area contributed by atoms with Crippen LogP contribution in [0.2, 0.25) is 0 Å². The first-order chi connectivity index (χ1) is 8.88. The van der Waals surface area contributed by atoms with E-state index in [1.165, 1.54) is 24.1 Å². The summed E-state index contributed by atoms with van der Waals surface area (Å²) in [5.41, 5.74) is 2.58. The summed E-state index contributed by atoms with van der Waals surface area (Å²) in [6, 6.07) is 0. The molecule has 0 N–H and O–H groups in total. The van der Waals surface area contributed by atoms with Crippen molar-refractivity contribution in [2.75, 3.05) is 19.3 Å². The summed E-state index contributed by atoms with van der Waals surface area (Å²) in [5, 5.41) is 5.37. The molecule has 0 bridgehead atoms. The molecule has 1 aliphatic carbocycles. The molecule has 3 aliphatic heterocycles. The highest BCUT2D eigenvalue weighted by atomic mass is 32.2. The predicted molar refractivity (Wildman–Crippen MR) is 74.7 cm³/mol. The van der Waals surface area contributed by atoms with Crippen LogP contribution in [0.15, 0.2) is 26.2 Å². The summed E-state index contributed by atoms with van der Waals surface area (Å²) < 4.78 is 0. The van der Waals surface area contributed by atoms with Gasteiger partial charge in [0.05, 0.1) is 18.8 Å². The van der Waals surface area contributed by atoms with Crippen LogP contribution in [0.4, 0.5) is 0 Å². The Bertz CT molecular complexity index is 531. The number of thioether (sulfide) groups is 1. The van der Waals surface area contributed by atoms with Gasteiger partial charge in [-0.15, -0.1) is 0 Å². The molecule has 0 spiro atoms. The Morgan fingerprint density at radius 1 is 1.17 bits per heavy atom. The van der Waals surface area contributed by atoms with E-state index in [1.54, 1.807) is 11.8 Å². The molecule has 18 heavy (non-hydrogen) atoms. The molecule has 0 aromatic carbocycles. The smallest absolute Gasteiger partial charge is 0.253 e. The van der Waals surface area contributed by atoms with Gasteiger partial charge in [0.2, 0.25) is 0 Å². The molecular formula is C12H15N5S. The highest BCUT2D eigenvalue weighted by molar-refractivity contribution is 8.13. The van der Waals surface area contributed by atoms with E-state index in [9.17, 15) is 0 Å². The van der Waals surface area contributed by atoms with Gasteiger partial charge in [-0.1, -0.05) is 11.8 Å². The van der Waals surface area contributed by atoms with Gasteiger partial charge >= 0.3 is 0 Å². The predicted octanol–water partition coefficient (Wildman–Crippen LogP) is 1.85. The first kappa shape index (κ1) is 10.6. The Morgan fingerprint density at radius 2 is 2.06 bits per heavy atom. The fourth-order valence-corrected chi connectivity index (χ4v) is 3.48. The first-order valence-electron chi connectivity index (χ1n) is 6.44. The summed E-state index contributed by atoms with van der Waals surface area (Å²) >= 11 is 1.68. The Hall–Kier alpha value is -1.30. The molecule has 0 saturated heterocycles. The third kappa shape index (κ3) is 1.32. The summed E-state index contributed by atoms with van der Waals surface area (Å²) in [4.78, 5) is 14.1. The second-order valence-electron chi connectivity index (χ2n) is 4.78. The number of rotatable bonds is 0. The fourth-order valence-electron chi connectivity index (χ4n) is 2.93. The Morgan fingerprint density at radius 3 is 2.94 bits per heavy atom. The third-order valence-corrected chi connectivity index (χ3v) is 4.41. The second kappa shape index (κ2) is 3.85. The van der Waals surface area contributed by atoms with Gasteiger partial charge < -0.3 is 0 Å². The Balaban J connectivity index is 1.86. The lowest BCUT2D eigenvalue weighted by Crippen LogP contribution is -2.52. The summed E-state index contributed by atoms with van der Waals surface area (Å²) in [7, 11) is 0. The van der Waals surface area contributed by atoms with Crippen LogP contribution in [0.1, 0.15) is 25.7 Å². The van der Waals surface area contributed by atoms with Crippen LogP contribution in [0.25, 0.3) is 0 Å². The number of fused-ring (bicyclic) bond motifs is 1. The number of guanidine groups is 1. The van der Waals surface area contributed by atoms with Crippen LogP contribution in [0, 0.1) is 0 Å². The minimum atomic E-state index is 0.818. The van der Waals surface area contributed by atoms with Crippen LogP contribution in [0.3, 0.4) is 0 Å². The van der Waals surface area contributed by atoms with E-state index in [0.29, 0.717) is 0 Å². The second-order valence-corrected chi connectivity index (χ2v) is 5.56. The van der Waals surface area contributed by atoms with Crippen molar-refractivity contribution in [2.24, 2.45) is 15.0 Å². The standard InChI is InChI=1S/C12H15N5S/c1-18-12-15-11-14-9-5-3-2-4-8(9)10-13-6-7-16(12)17(10)11/h2-7H2,1H3. The summed E-state index contributed by atoms with van der Waals surface area (Å²) in [6.45, 7) is 1.76. The Labute approximate surface area is 110 Å². The van der Waals surface area contributed by atoms with Gasteiger partial charge in [0.1, 0.15) is 0 Å². The molecule has 0 unspecified atom stereocenters. The topological polar surface area (TPSA) is 43.6 Å². The van der Waals surface area contributed by atoms with Gasteiger partial charge in [-0.2, -0.15) is 10.0 Å². The molecule has 3 heterocycles. The number of hydrazine groups is 1. The van der Waals surface area contributed by atoms with Crippen molar-refractivity contribution in [3.63, 3.8) is 0 Å². The molecule has 0 radical (unpaired) electrons. The molecule has 94 valence electrons. The SMILES string of the molecule is CSC1=NC2=NC3=C(CCCC3)C3=NCCN1N23. The lowest BCUT2D eigenvalue weighted by atomic mass is 9.94. The monoisotopic (exact) mass is 261 g/mol. The highest BCUT2D eigenvalue weighted by Crippen LogP contribution is 2.35. The summed E-state index contributed by atoms with van der Waals surface area (Å²) in [5.74, 6) is 1.92. The van der Waals surface area contributed by atoms with E-state index >= 15 is 0 Å². The minimum absolute atomic E-state index is 0.818. The van der Waals surface area contributed by atoms with Crippen molar-refractivity contribution in [3.05, 3.63) is 11.3 Å². The van der Waals surface area contributed by atoms with Gasteiger partial charge in [0.15, 0.2) is 11.0 Å². The van der Waals surface area contributed by atoms with Crippen molar-refractivity contribution < 1.29 is 0 Å². The molecule has 0 fully saturated rings. The normalized spacial score (nSPS) is 25.5. The number of allylic oxidation sites excluding steroid dienone is 1. The molecule has 5 nitrogen and oxygen atoms in total. The molecule has 0 amide bonds. The van der Waals surface area contributed by atoms with Crippen molar-refractivity contribution in [1.82, 2.24) is 10.0 Å². The molecule has 0 saturated carbocycles. The molecule has 0 atom stereocenters. The molecule has 4 rings (SSSR count). The number of nitrogens with zero attached hydrogens (tertiary/aromatic N) is 5. The maximum absolute atomic E-state index is 4.75. The van der Waals surface area contributed by atoms with Gasteiger partial charge in [-0.05, 0) is 31.9 Å². The number of hydrogen-bond donors (Lipinski definition) is 0. The van der Waals surface area contributed by atoms with Crippen molar-refractivity contribution in [3.8, 4) is 0 Å². The van der Waals surface area contributed by atoms with Crippen molar-refractivity contribution in [1.29, 1.82) is 0 Å². The van der Waals surface area contributed by atoms with E-state index in [0.717, 1.165) is 42.9 Å². The van der Waals surface area contributed by atoms with Crippen LogP contribution in [-0.2, 0) is 0 Å². The molecular weight excluding hydrogens is 246 g/mol.